The lowest BCUT2D eigenvalue weighted by molar-refractivity contribution is 0.103. The van der Waals surface area contributed by atoms with Crippen molar-refractivity contribution in [3.8, 4) is 11.2 Å². The summed E-state index contributed by atoms with van der Waals surface area (Å²) in [5.74, 6) is 0.125. The second kappa shape index (κ2) is 7.44. The molecule has 144 valence electrons. The molecule has 1 aromatic carbocycles. The summed E-state index contributed by atoms with van der Waals surface area (Å²) < 4.78 is 1.91. The zero-order chi connectivity index (χ0) is 20.6. The predicted octanol–water partition coefficient (Wildman–Crippen LogP) is 5.61. The molecule has 2 rings (SSSR count). The van der Waals surface area contributed by atoms with Crippen LogP contribution in [0, 0.1) is 10.7 Å². The maximum Gasteiger partial charge on any atom is 0.195 e. The van der Waals surface area contributed by atoms with Crippen LogP contribution in [0.25, 0.3) is 0 Å². The van der Waals surface area contributed by atoms with Gasteiger partial charge in [0.05, 0.1) is 10.5 Å². The molecule has 27 heavy (non-hydrogen) atoms. The lowest BCUT2D eigenvalue weighted by Gasteiger charge is -2.28. The Morgan fingerprint density at radius 1 is 1.11 bits per heavy atom. The Balaban J connectivity index is 2.70. The van der Waals surface area contributed by atoms with Crippen LogP contribution in [-0.2, 0) is 17.4 Å². The van der Waals surface area contributed by atoms with Gasteiger partial charge >= 0.3 is 0 Å². The second-order valence-electron chi connectivity index (χ2n) is 8.81. The Hall–Kier alpha value is -2.19. The number of aryl methyl sites for hydroxylation is 1. The number of carbonyl (C=O) groups is 1. The van der Waals surface area contributed by atoms with Crippen molar-refractivity contribution in [2.45, 2.75) is 70.7 Å². The van der Waals surface area contributed by atoms with E-state index < -0.39 is 0 Å². The molecule has 0 bridgehead atoms. The lowest BCUT2D eigenvalue weighted by Crippen LogP contribution is -2.19. The molecule has 0 atom stereocenters. The highest BCUT2D eigenvalue weighted by Crippen LogP contribution is 2.40. The van der Waals surface area contributed by atoms with Crippen LogP contribution >= 0.6 is 11.8 Å². The van der Waals surface area contributed by atoms with Crippen LogP contribution in [0.4, 0.5) is 0 Å². The molecule has 0 saturated heterocycles. The summed E-state index contributed by atoms with van der Waals surface area (Å²) in [7, 11) is 0. The molecule has 1 N–H and O–H groups in total. The van der Waals surface area contributed by atoms with Crippen molar-refractivity contribution in [1.82, 2.24) is 4.57 Å². The Labute approximate surface area is 166 Å². The van der Waals surface area contributed by atoms with Crippen LogP contribution in [0.5, 0.6) is 5.75 Å². The Bertz CT molecular complexity index is 871. The van der Waals surface area contributed by atoms with E-state index in [4.69, 9.17) is 5.26 Å². The number of phenols is 1. The molecule has 1 heterocycles. The molecule has 0 aliphatic rings. The molecule has 0 unspecified atom stereocenters. The highest BCUT2D eigenvalue weighted by Gasteiger charge is 2.28. The topological polar surface area (TPSA) is 66.0 Å². The number of thioether (sulfide) groups is 1. The van der Waals surface area contributed by atoms with Crippen LogP contribution in [0.1, 0.15) is 75.5 Å². The summed E-state index contributed by atoms with van der Waals surface area (Å²) in [5, 5.41) is 22.0. The molecule has 0 aliphatic heterocycles. The first kappa shape index (κ1) is 21.1. The van der Waals surface area contributed by atoms with Gasteiger partial charge in [0.25, 0.3) is 0 Å². The van der Waals surface area contributed by atoms with E-state index in [2.05, 4.69) is 5.40 Å². The number of rotatable bonds is 4. The number of benzene rings is 1. The molecule has 0 saturated carbocycles. The van der Waals surface area contributed by atoms with E-state index in [9.17, 15) is 9.90 Å². The number of ketones is 1. The van der Waals surface area contributed by atoms with Gasteiger partial charge in [-0.2, -0.15) is 5.26 Å². The second-order valence-corrected chi connectivity index (χ2v) is 9.64. The quantitative estimate of drug-likeness (QED) is 0.422. The molecule has 0 radical (unpaired) electrons. The monoisotopic (exact) mass is 384 g/mol. The first-order valence-corrected chi connectivity index (χ1v) is 9.90. The van der Waals surface area contributed by atoms with Crippen molar-refractivity contribution in [2.75, 3.05) is 0 Å². The van der Waals surface area contributed by atoms with Crippen molar-refractivity contribution < 1.29 is 9.90 Å². The molecule has 0 spiro atoms. The van der Waals surface area contributed by atoms with E-state index in [-0.39, 0.29) is 22.4 Å². The summed E-state index contributed by atoms with van der Waals surface area (Å²) >= 11 is 0.998. The molecule has 0 fully saturated rings. The van der Waals surface area contributed by atoms with Crippen LogP contribution in [-0.4, -0.2) is 15.5 Å². The summed E-state index contributed by atoms with van der Waals surface area (Å²) in [4.78, 5) is 14.0. The van der Waals surface area contributed by atoms with Gasteiger partial charge < -0.3 is 9.67 Å². The first-order chi connectivity index (χ1) is 12.4. The smallest absolute Gasteiger partial charge is 0.195 e. The molecular weight excluding hydrogens is 356 g/mol. The number of phenolic OH excluding ortho intramolecular Hbond substituents is 1. The summed E-state index contributed by atoms with van der Waals surface area (Å²) in [6.07, 6.45) is 3.62. The maximum absolute atomic E-state index is 13.3. The van der Waals surface area contributed by atoms with Crippen molar-refractivity contribution in [3.63, 3.8) is 0 Å². The van der Waals surface area contributed by atoms with Gasteiger partial charge in [-0.1, -0.05) is 41.5 Å². The maximum atomic E-state index is 13.3. The molecule has 0 aliphatic carbocycles. The van der Waals surface area contributed by atoms with Crippen LogP contribution in [0.15, 0.2) is 29.4 Å². The van der Waals surface area contributed by atoms with Gasteiger partial charge in [-0.05, 0) is 41.6 Å². The van der Waals surface area contributed by atoms with Crippen LogP contribution < -0.4 is 0 Å². The van der Waals surface area contributed by atoms with Crippen molar-refractivity contribution in [1.29, 1.82) is 5.26 Å². The first-order valence-electron chi connectivity index (χ1n) is 9.08. The number of hydrogen-bond donors (Lipinski definition) is 1. The van der Waals surface area contributed by atoms with Gasteiger partial charge in [-0.3, -0.25) is 4.79 Å². The highest BCUT2D eigenvalue weighted by atomic mass is 32.2. The molecular formula is C22H28N2O2S. The summed E-state index contributed by atoms with van der Waals surface area (Å²) in [6.45, 7) is 14.8. The standard InChI is InChI=1S/C22H28N2O2S/c1-8-24-11-15(18(12-24)27-13-23)19(25)14-9-16(21(2,3)4)20(26)17(10-14)22(5,6)7/h9-12,26H,8H2,1-7H3. The molecule has 1 aromatic heterocycles. The molecule has 4 nitrogen and oxygen atoms in total. The average molecular weight is 385 g/mol. The zero-order valence-corrected chi connectivity index (χ0v) is 18.0. The Morgan fingerprint density at radius 2 is 1.63 bits per heavy atom. The number of aromatic hydroxyl groups is 1. The van der Waals surface area contributed by atoms with E-state index in [1.54, 1.807) is 18.3 Å². The van der Waals surface area contributed by atoms with Crippen molar-refractivity contribution in [2.24, 2.45) is 0 Å². The van der Waals surface area contributed by atoms with E-state index in [0.29, 0.717) is 16.0 Å². The Morgan fingerprint density at radius 3 is 2.04 bits per heavy atom. The SMILES string of the molecule is CCn1cc(SC#N)c(C(=O)c2cc(C(C)(C)C)c(O)c(C(C)(C)C)c2)c1. The summed E-state index contributed by atoms with van der Waals surface area (Å²) in [5.41, 5.74) is 1.95. The fraction of sp³-hybridized carbons (Fsp3) is 0.455. The van der Waals surface area contributed by atoms with Crippen molar-refractivity contribution >= 4 is 17.5 Å². The molecule has 2 aromatic rings. The van der Waals surface area contributed by atoms with Crippen LogP contribution in [0.2, 0.25) is 0 Å². The van der Waals surface area contributed by atoms with E-state index >= 15 is 0 Å². The number of nitriles is 1. The van der Waals surface area contributed by atoms with E-state index in [1.165, 1.54) is 0 Å². The number of thiocyanates is 1. The normalized spacial score (nSPS) is 12.1. The summed E-state index contributed by atoms with van der Waals surface area (Å²) in [6, 6.07) is 3.58. The minimum atomic E-state index is -0.306. The van der Waals surface area contributed by atoms with Crippen LogP contribution in [0.3, 0.4) is 0 Å². The third kappa shape index (κ3) is 4.39. The average Bonchev–Trinajstić information content (AvgIpc) is 2.95. The number of hydrogen-bond acceptors (Lipinski definition) is 4. The van der Waals surface area contributed by atoms with Gasteiger partial charge in [0.1, 0.15) is 11.2 Å². The lowest BCUT2D eigenvalue weighted by atomic mass is 9.78. The van der Waals surface area contributed by atoms with Gasteiger partial charge in [0.15, 0.2) is 5.78 Å². The minimum absolute atomic E-state index is 0.129. The third-order valence-corrected chi connectivity index (χ3v) is 5.23. The third-order valence-electron chi connectivity index (χ3n) is 4.60. The molecule has 5 heteroatoms. The zero-order valence-electron chi connectivity index (χ0n) is 17.2. The van der Waals surface area contributed by atoms with Gasteiger partial charge in [0.2, 0.25) is 0 Å². The highest BCUT2D eigenvalue weighted by molar-refractivity contribution is 8.03. The number of aromatic nitrogens is 1. The fourth-order valence-corrected chi connectivity index (χ4v) is 3.58. The largest absolute Gasteiger partial charge is 0.507 e. The van der Waals surface area contributed by atoms with Crippen molar-refractivity contribution in [3.05, 3.63) is 46.8 Å². The predicted molar refractivity (Wildman–Crippen MR) is 111 cm³/mol. The fourth-order valence-electron chi connectivity index (χ4n) is 3.03. The number of nitrogens with zero attached hydrogens (tertiary/aromatic N) is 2. The van der Waals surface area contributed by atoms with E-state index in [0.717, 1.165) is 29.4 Å². The van der Waals surface area contributed by atoms with Gasteiger partial charge in [-0.15, -0.1) is 0 Å². The van der Waals surface area contributed by atoms with E-state index in [1.807, 2.05) is 59.2 Å². The van der Waals surface area contributed by atoms with Gasteiger partial charge in [0, 0.05) is 35.6 Å². The molecule has 0 amide bonds. The number of carbonyl (C=O) groups excluding carboxylic acids is 1. The van der Waals surface area contributed by atoms with Gasteiger partial charge in [-0.25, -0.2) is 0 Å². The Kier molecular flexibility index (Phi) is 5.82. The minimum Gasteiger partial charge on any atom is -0.507 e.